The number of allylic oxidation sites excluding steroid dienone is 5. The van der Waals surface area contributed by atoms with E-state index >= 15 is 0 Å². The first-order valence-corrected chi connectivity index (χ1v) is 10.8. The maximum atomic E-state index is 12.1. The highest BCUT2D eigenvalue weighted by Crippen LogP contribution is 2.51. The van der Waals surface area contributed by atoms with Gasteiger partial charge in [0.2, 0.25) is 0 Å². The Hall–Kier alpha value is -1.35. The molecule has 0 spiro atoms. The Morgan fingerprint density at radius 2 is 2.00 bits per heavy atom. The summed E-state index contributed by atoms with van der Waals surface area (Å²) >= 11 is 0. The molecule has 1 fully saturated rings. The van der Waals surface area contributed by atoms with E-state index in [0.29, 0.717) is 18.4 Å². The summed E-state index contributed by atoms with van der Waals surface area (Å²) in [5.74, 6) is 1.17. The van der Waals surface area contributed by atoms with Gasteiger partial charge in [-0.2, -0.15) is 0 Å². The van der Waals surface area contributed by atoms with Crippen LogP contribution in [0.5, 0.6) is 0 Å². The van der Waals surface area contributed by atoms with E-state index in [1.165, 1.54) is 16.7 Å². The number of hydrogen-bond acceptors (Lipinski definition) is 3. The molecule has 3 nitrogen and oxygen atoms in total. The molecule has 28 heavy (non-hydrogen) atoms. The summed E-state index contributed by atoms with van der Waals surface area (Å²) in [4.78, 5) is 12.1. The number of rotatable bonds is 6. The predicted molar refractivity (Wildman–Crippen MR) is 116 cm³/mol. The molecule has 0 amide bonds. The molecule has 0 aromatic carbocycles. The maximum absolute atomic E-state index is 12.1. The fourth-order valence-electron chi connectivity index (χ4n) is 4.62. The van der Waals surface area contributed by atoms with Gasteiger partial charge in [-0.15, -0.1) is 0 Å². The van der Waals surface area contributed by atoms with Gasteiger partial charge in [-0.25, -0.2) is 0 Å². The summed E-state index contributed by atoms with van der Waals surface area (Å²) in [5.41, 5.74) is 3.49. The van der Waals surface area contributed by atoms with Crippen LogP contribution in [-0.4, -0.2) is 24.3 Å². The zero-order valence-corrected chi connectivity index (χ0v) is 19.0. The lowest BCUT2D eigenvalue weighted by Gasteiger charge is -2.30. The van der Waals surface area contributed by atoms with Crippen molar-refractivity contribution in [3.63, 3.8) is 0 Å². The number of ether oxygens (including phenoxy) is 1. The van der Waals surface area contributed by atoms with Gasteiger partial charge in [0, 0.05) is 12.0 Å². The van der Waals surface area contributed by atoms with Crippen LogP contribution in [0.2, 0.25) is 0 Å². The highest BCUT2D eigenvalue weighted by molar-refractivity contribution is 5.75. The van der Waals surface area contributed by atoms with Crippen LogP contribution >= 0.6 is 0 Å². The van der Waals surface area contributed by atoms with E-state index in [9.17, 15) is 9.90 Å². The van der Waals surface area contributed by atoms with Gasteiger partial charge in [-0.05, 0) is 76.2 Å². The molecule has 0 heterocycles. The summed E-state index contributed by atoms with van der Waals surface area (Å²) < 4.78 is 5.58. The SMILES string of the molecule is C=C1[C@@H]([C@H](C)COC(=O)C(C)(C)C)CC[C@]1(C)/C=C1/C(C)=CC[C@H]1[C@@H](C)CO. The number of carbonyl (C=O) groups excluding carboxylic acids is 1. The molecular weight excluding hydrogens is 348 g/mol. The molecule has 0 bridgehead atoms. The largest absolute Gasteiger partial charge is 0.465 e. The van der Waals surface area contributed by atoms with E-state index in [4.69, 9.17) is 4.74 Å². The van der Waals surface area contributed by atoms with Crippen LogP contribution in [0.4, 0.5) is 0 Å². The van der Waals surface area contributed by atoms with Gasteiger partial charge < -0.3 is 9.84 Å². The maximum Gasteiger partial charge on any atom is 0.311 e. The van der Waals surface area contributed by atoms with Crippen LogP contribution in [0.15, 0.2) is 35.5 Å². The molecular formula is C25H40O3. The minimum atomic E-state index is -0.462. The lowest BCUT2D eigenvalue weighted by Crippen LogP contribution is -2.27. The summed E-state index contributed by atoms with van der Waals surface area (Å²) in [5, 5.41) is 9.64. The monoisotopic (exact) mass is 388 g/mol. The van der Waals surface area contributed by atoms with Crippen molar-refractivity contribution in [2.24, 2.45) is 34.5 Å². The fourth-order valence-corrected chi connectivity index (χ4v) is 4.62. The number of hydrogen-bond donors (Lipinski definition) is 1. The molecule has 1 N–H and O–H groups in total. The second-order valence-electron chi connectivity index (χ2n) is 10.4. The molecule has 0 aliphatic heterocycles. The molecule has 0 radical (unpaired) electrons. The van der Waals surface area contributed by atoms with E-state index in [-0.39, 0.29) is 29.8 Å². The van der Waals surface area contributed by atoms with Gasteiger partial charge in [0.05, 0.1) is 12.0 Å². The third-order valence-corrected chi connectivity index (χ3v) is 6.91. The van der Waals surface area contributed by atoms with Crippen LogP contribution in [-0.2, 0) is 9.53 Å². The topological polar surface area (TPSA) is 46.5 Å². The lowest BCUT2D eigenvalue weighted by atomic mass is 9.76. The van der Waals surface area contributed by atoms with Crippen LogP contribution < -0.4 is 0 Å². The zero-order chi connectivity index (χ0) is 21.3. The predicted octanol–water partition coefficient (Wildman–Crippen LogP) is 5.71. The first-order valence-electron chi connectivity index (χ1n) is 10.8. The summed E-state index contributed by atoms with van der Waals surface area (Å²) in [6.45, 7) is 19.6. The molecule has 3 heteroatoms. The first-order chi connectivity index (χ1) is 12.9. The third kappa shape index (κ3) is 4.79. The number of aliphatic hydroxyl groups excluding tert-OH is 1. The van der Waals surface area contributed by atoms with Gasteiger partial charge in [-0.3, -0.25) is 4.79 Å². The van der Waals surface area contributed by atoms with Gasteiger partial charge in [0.15, 0.2) is 0 Å². The second-order valence-corrected chi connectivity index (χ2v) is 10.4. The Morgan fingerprint density at radius 1 is 1.36 bits per heavy atom. The molecule has 1 saturated carbocycles. The number of aliphatic hydroxyl groups is 1. The fraction of sp³-hybridized carbons (Fsp3) is 0.720. The molecule has 0 aromatic heterocycles. The summed E-state index contributed by atoms with van der Waals surface area (Å²) in [6, 6.07) is 0. The van der Waals surface area contributed by atoms with E-state index < -0.39 is 5.41 Å². The number of esters is 1. The van der Waals surface area contributed by atoms with Crippen molar-refractivity contribution in [2.45, 2.75) is 67.7 Å². The van der Waals surface area contributed by atoms with Gasteiger partial charge >= 0.3 is 5.97 Å². The molecule has 0 unspecified atom stereocenters. The summed E-state index contributed by atoms with van der Waals surface area (Å²) in [6.07, 6.45) is 7.90. The standard InChI is InChI=1S/C25H40O3/c1-16-9-10-21(17(2)14-26)22(16)13-25(8)12-11-20(19(25)4)18(3)15-28-23(27)24(5,6)7/h9,13,17-18,20-21,26H,4,10-12,14-15H2,1-3,5-8H3/b22-13-/t17-,18+,20+,21-,25+/m0/s1. The molecule has 0 aromatic rings. The van der Waals surface area contributed by atoms with Gasteiger partial charge in [-0.1, -0.05) is 50.6 Å². The first kappa shape index (κ1) is 22.9. The Kier molecular flexibility index (Phi) is 7.02. The van der Waals surface area contributed by atoms with Crippen molar-refractivity contribution in [1.29, 1.82) is 0 Å². The van der Waals surface area contributed by atoms with E-state index in [1.807, 2.05) is 20.8 Å². The molecule has 2 rings (SSSR count). The lowest BCUT2D eigenvalue weighted by molar-refractivity contribution is -0.154. The average molecular weight is 389 g/mol. The van der Waals surface area contributed by atoms with Crippen molar-refractivity contribution >= 4 is 5.97 Å². The normalized spacial score (nSPS) is 31.8. The van der Waals surface area contributed by atoms with E-state index in [0.717, 1.165) is 19.3 Å². The molecule has 2 aliphatic rings. The van der Waals surface area contributed by atoms with Gasteiger partial charge in [0.1, 0.15) is 0 Å². The Balaban J connectivity index is 2.11. The number of carbonyl (C=O) groups is 1. The molecule has 0 saturated heterocycles. The Bertz CT molecular complexity index is 664. The van der Waals surface area contributed by atoms with Crippen LogP contribution in [0.1, 0.15) is 67.7 Å². The Morgan fingerprint density at radius 3 is 2.57 bits per heavy atom. The highest BCUT2D eigenvalue weighted by Gasteiger charge is 2.41. The van der Waals surface area contributed by atoms with Crippen molar-refractivity contribution in [3.8, 4) is 0 Å². The van der Waals surface area contributed by atoms with Crippen molar-refractivity contribution in [1.82, 2.24) is 0 Å². The highest BCUT2D eigenvalue weighted by atomic mass is 16.5. The smallest absolute Gasteiger partial charge is 0.311 e. The van der Waals surface area contributed by atoms with Crippen molar-refractivity contribution in [2.75, 3.05) is 13.2 Å². The minimum Gasteiger partial charge on any atom is -0.465 e. The van der Waals surface area contributed by atoms with Gasteiger partial charge in [0.25, 0.3) is 0 Å². The molecule has 2 aliphatic carbocycles. The third-order valence-electron chi connectivity index (χ3n) is 6.91. The Labute approximate surface area is 171 Å². The summed E-state index contributed by atoms with van der Waals surface area (Å²) in [7, 11) is 0. The average Bonchev–Trinajstić information content (AvgIpc) is 3.12. The van der Waals surface area contributed by atoms with Crippen LogP contribution in [0.3, 0.4) is 0 Å². The van der Waals surface area contributed by atoms with Crippen LogP contribution in [0.25, 0.3) is 0 Å². The quantitative estimate of drug-likeness (QED) is 0.468. The van der Waals surface area contributed by atoms with E-state index in [2.05, 4.69) is 46.4 Å². The van der Waals surface area contributed by atoms with E-state index in [1.54, 1.807) is 0 Å². The zero-order valence-electron chi connectivity index (χ0n) is 19.0. The minimum absolute atomic E-state index is 0.0326. The second kappa shape index (κ2) is 8.57. The molecule has 158 valence electrons. The molecule has 5 atom stereocenters. The van der Waals surface area contributed by atoms with Crippen LogP contribution in [0, 0.1) is 34.5 Å². The van der Waals surface area contributed by atoms with Crippen molar-refractivity contribution < 1.29 is 14.6 Å². The van der Waals surface area contributed by atoms with Crippen molar-refractivity contribution in [3.05, 3.63) is 35.5 Å².